The summed E-state index contributed by atoms with van der Waals surface area (Å²) in [6.07, 6.45) is 2.39. The van der Waals surface area contributed by atoms with Crippen molar-refractivity contribution in [3.05, 3.63) is 29.6 Å². The molecule has 2 atom stereocenters. The van der Waals surface area contributed by atoms with Gasteiger partial charge in [0, 0.05) is 32.7 Å². The zero-order valence-electron chi connectivity index (χ0n) is 18.6. The molecule has 1 aliphatic carbocycles. The molecular weight excluding hydrogens is 383 g/mol. The maximum atomic E-state index is 14.4. The van der Waals surface area contributed by atoms with E-state index >= 15 is 0 Å². The van der Waals surface area contributed by atoms with E-state index in [1.807, 2.05) is 19.9 Å². The molecule has 0 radical (unpaired) electrons. The number of guanidine groups is 1. The Morgan fingerprint density at radius 2 is 2.07 bits per heavy atom. The van der Waals surface area contributed by atoms with E-state index in [1.165, 1.54) is 12.8 Å². The summed E-state index contributed by atoms with van der Waals surface area (Å²) in [5, 5.41) is 6.69. The van der Waals surface area contributed by atoms with Crippen LogP contribution in [-0.2, 0) is 4.74 Å². The topological polar surface area (TPSA) is 58.1 Å². The van der Waals surface area contributed by atoms with Crippen molar-refractivity contribution >= 4 is 5.96 Å². The highest BCUT2D eigenvalue weighted by atomic mass is 19.1. The number of nitrogens with one attached hydrogen (secondary N) is 2. The Bertz CT molecular complexity index is 690. The average molecular weight is 421 g/mol. The van der Waals surface area contributed by atoms with Gasteiger partial charge in [-0.2, -0.15) is 0 Å². The molecule has 1 aromatic carbocycles. The fourth-order valence-electron chi connectivity index (χ4n) is 3.53. The Morgan fingerprint density at radius 3 is 2.73 bits per heavy atom. The molecule has 3 rings (SSSR count). The number of hydrogen-bond donors (Lipinski definition) is 2. The fraction of sp³-hybridized carbons (Fsp3) is 0.696. The third-order valence-corrected chi connectivity index (χ3v) is 5.56. The molecule has 1 saturated carbocycles. The molecule has 1 heterocycles. The first-order valence-electron chi connectivity index (χ1n) is 11.3. The van der Waals surface area contributed by atoms with E-state index in [1.54, 1.807) is 12.1 Å². The van der Waals surface area contributed by atoms with Crippen molar-refractivity contribution in [2.45, 2.75) is 39.7 Å². The molecule has 0 spiro atoms. The van der Waals surface area contributed by atoms with Gasteiger partial charge in [0.25, 0.3) is 0 Å². The molecular formula is C23H37FN4O2. The van der Waals surface area contributed by atoms with E-state index < -0.39 is 0 Å². The summed E-state index contributed by atoms with van der Waals surface area (Å²) in [7, 11) is 0. The molecule has 6 nitrogen and oxygen atoms in total. The number of rotatable bonds is 10. The highest BCUT2D eigenvalue weighted by molar-refractivity contribution is 5.80. The highest BCUT2D eigenvalue weighted by Gasteiger charge is 2.22. The number of nitrogens with zero attached hydrogens (tertiary/aromatic N) is 2. The molecule has 2 aliphatic rings. The van der Waals surface area contributed by atoms with Crippen molar-refractivity contribution < 1.29 is 13.9 Å². The summed E-state index contributed by atoms with van der Waals surface area (Å²) in [5.74, 6) is 1.86. The molecule has 30 heavy (non-hydrogen) atoms. The van der Waals surface area contributed by atoms with Gasteiger partial charge in [-0.3, -0.25) is 9.89 Å². The van der Waals surface area contributed by atoms with Gasteiger partial charge < -0.3 is 20.1 Å². The van der Waals surface area contributed by atoms with E-state index in [9.17, 15) is 4.39 Å². The molecule has 1 aliphatic heterocycles. The highest BCUT2D eigenvalue weighted by Crippen LogP contribution is 2.30. The molecule has 0 amide bonds. The van der Waals surface area contributed by atoms with Crippen LogP contribution in [0.25, 0.3) is 0 Å². The summed E-state index contributed by atoms with van der Waals surface area (Å²) in [4.78, 5) is 7.19. The van der Waals surface area contributed by atoms with E-state index in [0.717, 1.165) is 57.5 Å². The lowest BCUT2D eigenvalue weighted by molar-refractivity contribution is 0.0323. The maximum absolute atomic E-state index is 14.4. The van der Waals surface area contributed by atoms with Crippen molar-refractivity contribution in [2.75, 3.05) is 52.5 Å². The smallest absolute Gasteiger partial charge is 0.191 e. The second-order valence-corrected chi connectivity index (χ2v) is 8.55. The Kier molecular flexibility index (Phi) is 8.75. The number of hydrogen-bond acceptors (Lipinski definition) is 4. The second kappa shape index (κ2) is 11.5. The minimum atomic E-state index is -0.303. The second-order valence-electron chi connectivity index (χ2n) is 8.55. The number of morpholine rings is 1. The lowest BCUT2D eigenvalue weighted by Crippen LogP contribution is -2.41. The first kappa shape index (κ1) is 22.8. The molecule has 2 N–H and O–H groups in total. The van der Waals surface area contributed by atoms with Crippen LogP contribution < -0.4 is 15.4 Å². The average Bonchev–Trinajstić information content (AvgIpc) is 3.56. The molecule has 1 saturated heterocycles. The lowest BCUT2D eigenvalue weighted by atomic mass is 10.1. The summed E-state index contributed by atoms with van der Waals surface area (Å²) < 4.78 is 25.4. The summed E-state index contributed by atoms with van der Waals surface area (Å²) in [6.45, 7) is 13.1. The Balaban J connectivity index is 1.52. The zero-order chi connectivity index (χ0) is 21.3. The van der Waals surface area contributed by atoms with Crippen LogP contribution in [0.15, 0.2) is 23.2 Å². The number of benzene rings is 1. The van der Waals surface area contributed by atoms with Crippen molar-refractivity contribution in [1.29, 1.82) is 0 Å². The van der Waals surface area contributed by atoms with Crippen LogP contribution in [0.3, 0.4) is 0 Å². The molecule has 7 heteroatoms. The van der Waals surface area contributed by atoms with Crippen molar-refractivity contribution in [3.8, 4) is 5.75 Å². The lowest BCUT2D eigenvalue weighted by Gasteiger charge is -2.28. The number of ether oxygens (including phenoxy) is 2. The van der Waals surface area contributed by atoms with Crippen LogP contribution in [-0.4, -0.2) is 63.4 Å². The van der Waals surface area contributed by atoms with Gasteiger partial charge in [-0.15, -0.1) is 0 Å². The molecule has 168 valence electrons. The van der Waals surface area contributed by atoms with Gasteiger partial charge in [0.2, 0.25) is 0 Å². The van der Waals surface area contributed by atoms with E-state index in [0.29, 0.717) is 24.2 Å². The molecule has 2 fully saturated rings. The fourth-order valence-corrected chi connectivity index (χ4v) is 3.53. The van der Waals surface area contributed by atoms with E-state index in [4.69, 9.17) is 14.5 Å². The SMILES string of the molecule is CCNC(=NCC(C)CN1CCOCC1)NC(C)c1ccc(OCC2CC2)c(F)c1. The third-order valence-electron chi connectivity index (χ3n) is 5.56. The predicted molar refractivity (Wildman–Crippen MR) is 119 cm³/mol. The maximum Gasteiger partial charge on any atom is 0.191 e. The van der Waals surface area contributed by atoms with Crippen molar-refractivity contribution in [2.24, 2.45) is 16.8 Å². The predicted octanol–water partition coefficient (Wildman–Crippen LogP) is 3.20. The Hall–Kier alpha value is -1.86. The zero-order valence-corrected chi connectivity index (χ0v) is 18.6. The molecule has 0 bridgehead atoms. The minimum Gasteiger partial charge on any atom is -0.490 e. The Morgan fingerprint density at radius 1 is 1.30 bits per heavy atom. The van der Waals surface area contributed by atoms with E-state index in [-0.39, 0.29) is 11.9 Å². The van der Waals surface area contributed by atoms with Crippen LogP contribution in [0.5, 0.6) is 5.75 Å². The van der Waals surface area contributed by atoms with Crippen LogP contribution >= 0.6 is 0 Å². The van der Waals surface area contributed by atoms with Gasteiger partial charge >= 0.3 is 0 Å². The third kappa shape index (κ3) is 7.43. The van der Waals surface area contributed by atoms with Gasteiger partial charge in [0.05, 0.1) is 25.9 Å². The van der Waals surface area contributed by atoms with Gasteiger partial charge in [-0.1, -0.05) is 13.0 Å². The molecule has 1 aromatic rings. The van der Waals surface area contributed by atoms with Gasteiger partial charge in [-0.25, -0.2) is 4.39 Å². The first-order chi connectivity index (χ1) is 14.5. The summed E-state index contributed by atoms with van der Waals surface area (Å²) in [6, 6.07) is 5.15. The van der Waals surface area contributed by atoms with Gasteiger partial charge in [0.1, 0.15) is 0 Å². The van der Waals surface area contributed by atoms with E-state index in [2.05, 4.69) is 22.5 Å². The first-order valence-corrected chi connectivity index (χ1v) is 11.3. The van der Waals surface area contributed by atoms with Crippen molar-refractivity contribution in [3.63, 3.8) is 0 Å². The standard InChI is InChI=1S/C23H37FN4O2/c1-4-25-23(26-14-17(2)15-28-9-11-29-12-10-28)27-18(3)20-7-8-22(21(24)13-20)30-16-19-5-6-19/h7-8,13,17-19H,4-6,9-12,14-16H2,1-3H3,(H2,25,26,27). The quantitative estimate of drug-likeness (QED) is 0.450. The minimum absolute atomic E-state index is 0.0654. The van der Waals surface area contributed by atoms with Crippen LogP contribution in [0.4, 0.5) is 4.39 Å². The Labute approximate surface area is 180 Å². The summed E-state index contributed by atoms with van der Waals surface area (Å²) in [5.41, 5.74) is 0.873. The normalized spacial score (nSPS) is 19.9. The van der Waals surface area contributed by atoms with Crippen LogP contribution in [0.1, 0.15) is 45.2 Å². The van der Waals surface area contributed by atoms with Crippen LogP contribution in [0, 0.1) is 17.7 Å². The van der Waals surface area contributed by atoms with Gasteiger partial charge in [-0.05, 0) is 56.2 Å². The van der Waals surface area contributed by atoms with Crippen molar-refractivity contribution in [1.82, 2.24) is 15.5 Å². The molecule has 2 unspecified atom stereocenters. The molecule has 0 aromatic heterocycles. The monoisotopic (exact) mass is 420 g/mol. The largest absolute Gasteiger partial charge is 0.490 e. The van der Waals surface area contributed by atoms with Crippen LogP contribution in [0.2, 0.25) is 0 Å². The number of halogens is 1. The summed E-state index contributed by atoms with van der Waals surface area (Å²) >= 11 is 0. The van der Waals surface area contributed by atoms with Gasteiger partial charge in [0.15, 0.2) is 17.5 Å². The number of aliphatic imine (C=N–C) groups is 1.